The highest BCUT2D eigenvalue weighted by Crippen LogP contribution is 2.31. The second-order valence-electron chi connectivity index (χ2n) is 6.61. The molecule has 0 aliphatic rings. The van der Waals surface area contributed by atoms with Gasteiger partial charge < -0.3 is 15.8 Å². The zero-order valence-corrected chi connectivity index (χ0v) is 16.7. The quantitative estimate of drug-likeness (QED) is 0.495. The highest BCUT2D eigenvalue weighted by atomic mass is 16.5. The van der Waals surface area contributed by atoms with Gasteiger partial charge in [0.2, 0.25) is 0 Å². The van der Waals surface area contributed by atoms with E-state index in [9.17, 15) is 10.1 Å². The Morgan fingerprint density at radius 1 is 1.19 bits per heavy atom. The highest BCUT2D eigenvalue weighted by Gasteiger charge is 2.15. The van der Waals surface area contributed by atoms with Crippen molar-refractivity contribution in [3.8, 4) is 23.2 Å². The number of amides is 1. The van der Waals surface area contributed by atoms with Crippen molar-refractivity contribution in [3.05, 3.63) is 72.1 Å². The van der Waals surface area contributed by atoms with Crippen LogP contribution in [0, 0.1) is 11.3 Å². The monoisotopic (exact) mass is 410 g/mol. The summed E-state index contributed by atoms with van der Waals surface area (Å²) in [4.78, 5) is 25.4. The number of aromatic nitrogens is 3. The average molecular weight is 410 g/mol. The fourth-order valence-corrected chi connectivity index (χ4v) is 3.14. The Morgan fingerprint density at radius 3 is 2.77 bits per heavy atom. The Morgan fingerprint density at radius 2 is 2.06 bits per heavy atom. The van der Waals surface area contributed by atoms with Crippen molar-refractivity contribution in [2.45, 2.75) is 6.92 Å². The van der Waals surface area contributed by atoms with Crippen LogP contribution < -0.4 is 15.8 Å². The van der Waals surface area contributed by atoms with Crippen molar-refractivity contribution in [2.75, 3.05) is 11.9 Å². The van der Waals surface area contributed by atoms with Crippen molar-refractivity contribution < 1.29 is 9.53 Å². The smallest absolute Gasteiger partial charge is 0.250 e. The second-order valence-corrected chi connectivity index (χ2v) is 6.61. The van der Waals surface area contributed by atoms with Crippen LogP contribution in [0.15, 0.2) is 60.9 Å². The molecule has 4 aromatic rings. The van der Waals surface area contributed by atoms with Gasteiger partial charge in [0, 0.05) is 23.3 Å². The molecule has 0 bridgehead atoms. The first-order valence-electron chi connectivity index (χ1n) is 9.55. The van der Waals surface area contributed by atoms with Crippen LogP contribution >= 0.6 is 0 Å². The molecule has 0 atom stereocenters. The minimum atomic E-state index is -0.618. The Bertz CT molecular complexity index is 1320. The second kappa shape index (κ2) is 8.47. The number of rotatable bonds is 6. The first kappa shape index (κ1) is 19.8. The van der Waals surface area contributed by atoms with Gasteiger partial charge in [-0.25, -0.2) is 9.97 Å². The van der Waals surface area contributed by atoms with E-state index in [0.717, 1.165) is 5.56 Å². The van der Waals surface area contributed by atoms with Crippen LogP contribution in [-0.4, -0.2) is 27.5 Å². The fraction of sp³-hybridized carbons (Fsp3) is 0.0870. The molecule has 0 saturated heterocycles. The number of hydrogen-bond donors (Lipinski definition) is 2. The van der Waals surface area contributed by atoms with Crippen LogP contribution in [0.3, 0.4) is 0 Å². The molecule has 8 nitrogen and oxygen atoms in total. The standard InChI is InChI=1S/C23H18N6O2/c1-2-31-16-6-8-19-18(11-16)23(29-22(27-19)15-4-3-9-26-13-15)28-20-10-14(12-24)5-7-17(20)21(25)30/h3-11,13H,2H2,1H3,(H2,25,30)(H,27,28,29). The third-order valence-electron chi connectivity index (χ3n) is 4.57. The van der Waals surface area contributed by atoms with Crippen molar-refractivity contribution >= 4 is 28.3 Å². The molecule has 4 rings (SSSR count). The molecule has 3 N–H and O–H groups in total. The van der Waals surface area contributed by atoms with Gasteiger partial charge in [-0.1, -0.05) is 0 Å². The van der Waals surface area contributed by atoms with Crippen molar-refractivity contribution in [1.29, 1.82) is 5.26 Å². The Balaban J connectivity index is 1.92. The summed E-state index contributed by atoms with van der Waals surface area (Å²) in [5, 5.41) is 13.1. The Hall–Kier alpha value is -4.51. The molecule has 152 valence electrons. The summed E-state index contributed by atoms with van der Waals surface area (Å²) in [5.74, 6) is 0.955. The zero-order valence-electron chi connectivity index (χ0n) is 16.7. The molecule has 8 heteroatoms. The van der Waals surface area contributed by atoms with Crippen molar-refractivity contribution in [3.63, 3.8) is 0 Å². The van der Waals surface area contributed by atoms with Gasteiger partial charge in [-0.2, -0.15) is 5.26 Å². The zero-order chi connectivity index (χ0) is 21.8. The third kappa shape index (κ3) is 4.11. The molecular weight excluding hydrogens is 392 g/mol. The van der Waals surface area contributed by atoms with Gasteiger partial charge in [0.15, 0.2) is 5.82 Å². The Labute approximate surface area is 178 Å². The number of ether oxygens (including phenoxy) is 1. The number of pyridine rings is 1. The number of carbonyl (C=O) groups is 1. The van der Waals surface area contributed by atoms with Gasteiger partial charge in [-0.3, -0.25) is 9.78 Å². The summed E-state index contributed by atoms with van der Waals surface area (Å²) in [6, 6.07) is 15.8. The molecule has 31 heavy (non-hydrogen) atoms. The van der Waals surface area contributed by atoms with E-state index in [0.29, 0.717) is 46.2 Å². The van der Waals surface area contributed by atoms with Crippen LogP contribution in [-0.2, 0) is 0 Å². The minimum Gasteiger partial charge on any atom is -0.494 e. The van der Waals surface area contributed by atoms with E-state index in [4.69, 9.17) is 10.5 Å². The fourth-order valence-electron chi connectivity index (χ4n) is 3.14. The molecule has 2 heterocycles. The topological polar surface area (TPSA) is 127 Å². The first-order valence-corrected chi connectivity index (χ1v) is 9.55. The van der Waals surface area contributed by atoms with Crippen molar-refractivity contribution in [2.24, 2.45) is 5.73 Å². The van der Waals surface area contributed by atoms with Gasteiger partial charge >= 0.3 is 0 Å². The van der Waals surface area contributed by atoms with E-state index in [2.05, 4.69) is 26.3 Å². The number of hydrogen-bond acceptors (Lipinski definition) is 7. The predicted molar refractivity (Wildman–Crippen MR) is 117 cm³/mol. The number of nitrogens with two attached hydrogens (primary N) is 1. The molecule has 2 aromatic heterocycles. The molecule has 0 unspecified atom stereocenters. The lowest BCUT2D eigenvalue weighted by molar-refractivity contribution is 0.100. The molecule has 0 saturated carbocycles. The molecule has 0 radical (unpaired) electrons. The SMILES string of the molecule is CCOc1ccc2nc(-c3cccnc3)nc(Nc3cc(C#N)ccc3C(N)=O)c2c1. The van der Waals surface area contributed by atoms with E-state index in [1.54, 1.807) is 24.5 Å². The van der Waals surface area contributed by atoms with Gasteiger partial charge in [0.25, 0.3) is 5.91 Å². The summed E-state index contributed by atoms with van der Waals surface area (Å²) < 4.78 is 5.62. The van der Waals surface area contributed by atoms with Crippen LogP contribution in [0.1, 0.15) is 22.8 Å². The summed E-state index contributed by atoms with van der Waals surface area (Å²) in [6.07, 6.45) is 3.34. The normalized spacial score (nSPS) is 10.5. The number of anilines is 2. The molecule has 0 aliphatic heterocycles. The predicted octanol–water partition coefficient (Wildman–Crippen LogP) is 3.80. The molecule has 0 aliphatic carbocycles. The molecule has 0 spiro atoms. The number of fused-ring (bicyclic) bond motifs is 1. The average Bonchev–Trinajstić information content (AvgIpc) is 2.79. The largest absolute Gasteiger partial charge is 0.494 e. The van der Waals surface area contributed by atoms with Crippen LogP contribution in [0.25, 0.3) is 22.3 Å². The maximum Gasteiger partial charge on any atom is 0.250 e. The molecule has 0 fully saturated rings. The van der Waals surface area contributed by atoms with E-state index >= 15 is 0 Å². The molecule has 2 aromatic carbocycles. The maximum absolute atomic E-state index is 11.9. The summed E-state index contributed by atoms with van der Waals surface area (Å²) >= 11 is 0. The highest BCUT2D eigenvalue weighted by molar-refractivity contribution is 6.01. The number of nitrogens with zero attached hydrogens (tertiary/aromatic N) is 4. The van der Waals surface area contributed by atoms with E-state index in [1.165, 1.54) is 12.1 Å². The number of benzene rings is 2. The summed E-state index contributed by atoms with van der Waals surface area (Å²) in [7, 11) is 0. The lowest BCUT2D eigenvalue weighted by Crippen LogP contribution is -2.14. The third-order valence-corrected chi connectivity index (χ3v) is 4.57. The number of carbonyl (C=O) groups excluding carboxylic acids is 1. The lowest BCUT2D eigenvalue weighted by Gasteiger charge is -2.14. The van der Waals surface area contributed by atoms with Crippen LogP contribution in [0.4, 0.5) is 11.5 Å². The molecular formula is C23H18N6O2. The van der Waals surface area contributed by atoms with E-state index < -0.39 is 5.91 Å². The summed E-state index contributed by atoms with van der Waals surface area (Å²) in [6.45, 7) is 2.41. The van der Waals surface area contributed by atoms with Crippen LogP contribution in [0.2, 0.25) is 0 Å². The van der Waals surface area contributed by atoms with Crippen LogP contribution in [0.5, 0.6) is 5.75 Å². The van der Waals surface area contributed by atoms with E-state index in [1.807, 2.05) is 31.2 Å². The van der Waals surface area contributed by atoms with Gasteiger partial charge in [0.1, 0.15) is 11.6 Å². The van der Waals surface area contributed by atoms with Gasteiger partial charge in [-0.05, 0) is 55.5 Å². The summed E-state index contributed by atoms with van der Waals surface area (Å²) in [5.41, 5.74) is 7.96. The first-order chi connectivity index (χ1) is 15.1. The lowest BCUT2D eigenvalue weighted by atomic mass is 10.1. The Kier molecular flexibility index (Phi) is 5.41. The van der Waals surface area contributed by atoms with E-state index in [-0.39, 0.29) is 5.56 Å². The minimum absolute atomic E-state index is 0.245. The van der Waals surface area contributed by atoms with Gasteiger partial charge in [-0.15, -0.1) is 0 Å². The van der Waals surface area contributed by atoms with Crippen molar-refractivity contribution in [1.82, 2.24) is 15.0 Å². The number of primary amides is 1. The van der Waals surface area contributed by atoms with Gasteiger partial charge in [0.05, 0.1) is 35.0 Å². The molecule has 1 amide bonds. The maximum atomic E-state index is 11.9. The number of nitriles is 1. The number of nitrogens with one attached hydrogen (secondary N) is 1.